The van der Waals surface area contributed by atoms with Crippen LogP contribution in [0.3, 0.4) is 0 Å². The summed E-state index contributed by atoms with van der Waals surface area (Å²) in [6.07, 6.45) is 7.25. The van der Waals surface area contributed by atoms with Gasteiger partial charge in [-0.1, -0.05) is 12.1 Å². The zero-order chi connectivity index (χ0) is 16.9. The molecule has 0 saturated carbocycles. The third kappa shape index (κ3) is 3.96. The van der Waals surface area contributed by atoms with E-state index >= 15 is 0 Å². The summed E-state index contributed by atoms with van der Waals surface area (Å²) in [7, 11) is 0. The first-order valence-corrected chi connectivity index (χ1v) is 8.53. The van der Waals surface area contributed by atoms with Gasteiger partial charge in [-0.15, -0.1) is 0 Å². The van der Waals surface area contributed by atoms with Crippen molar-refractivity contribution in [2.75, 3.05) is 13.1 Å². The fourth-order valence-corrected chi connectivity index (χ4v) is 3.03. The Bertz CT molecular complexity index is 700. The summed E-state index contributed by atoms with van der Waals surface area (Å²) in [5.41, 5.74) is 1.90. The first-order valence-electron chi connectivity index (χ1n) is 8.53. The monoisotopic (exact) mass is 329 g/mol. The Morgan fingerprint density at radius 3 is 3.00 bits per heavy atom. The third-order valence-corrected chi connectivity index (χ3v) is 4.35. The first-order chi connectivity index (χ1) is 11.7. The zero-order valence-corrected chi connectivity index (χ0v) is 14.2. The van der Waals surface area contributed by atoms with E-state index in [1.165, 1.54) is 0 Å². The normalized spacial score (nSPS) is 17.9. The molecule has 0 radical (unpaired) electrons. The number of carbonyl (C=O) groups excluding carboxylic acids is 1. The molecule has 2 aromatic heterocycles. The van der Waals surface area contributed by atoms with Crippen LogP contribution in [-0.2, 0) is 17.6 Å². The Balaban J connectivity index is 1.56. The van der Waals surface area contributed by atoms with Crippen molar-refractivity contribution in [3.8, 4) is 0 Å². The van der Waals surface area contributed by atoms with E-state index in [1.54, 1.807) is 6.20 Å². The van der Waals surface area contributed by atoms with Crippen molar-refractivity contribution < 1.29 is 9.32 Å². The van der Waals surface area contributed by atoms with Crippen LogP contribution in [0.2, 0.25) is 0 Å². The number of piperidine rings is 1. The van der Waals surface area contributed by atoms with Crippen molar-refractivity contribution in [2.45, 2.75) is 51.9 Å². The number of nitrogens with zero attached hydrogens (tertiary/aromatic N) is 5. The van der Waals surface area contributed by atoms with Gasteiger partial charge < -0.3 is 9.42 Å². The molecule has 1 amide bonds. The Kier molecular flexibility index (Phi) is 5.17. The van der Waals surface area contributed by atoms with Crippen LogP contribution in [0.1, 0.15) is 55.2 Å². The van der Waals surface area contributed by atoms with Crippen LogP contribution in [0.5, 0.6) is 0 Å². The van der Waals surface area contributed by atoms with E-state index in [9.17, 15) is 4.79 Å². The van der Waals surface area contributed by atoms with Crippen molar-refractivity contribution in [3.05, 3.63) is 35.5 Å². The maximum absolute atomic E-state index is 12.5. The van der Waals surface area contributed by atoms with Gasteiger partial charge in [0, 0.05) is 50.7 Å². The fourth-order valence-electron chi connectivity index (χ4n) is 3.03. The molecular formula is C17H23N5O2. The quantitative estimate of drug-likeness (QED) is 0.835. The van der Waals surface area contributed by atoms with Crippen molar-refractivity contribution in [3.63, 3.8) is 0 Å². The van der Waals surface area contributed by atoms with Gasteiger partial charge in [-0.05, 0) is 19.8 Å². The number of hydrogen-bond donors (Lipinski definition) is 0. The lowest BCUT2D eigenvalue weighted by Crippen LogP contribution is -2.39. The maximum atomic E-state index is 12.5. The molecule has 1 aliphatic rings. The molecule has 1 saturated heterocycles. The molecule has 7 heteroatoms. The van der Waals surface area contributed by atoms with Gasteiger partial charge in [0.25, 0.3) is 0 Å². The van der Waals surface area contributed by atoms with Crippen LogP contribution < -0.4 is 0 Å². The highest BCUT2D eigenvalue weighted by Gasteiger charge is 2.26. The van der Waals surface area contributed by atoms with Crippen LogP contribution in [0, 0.1) is 6.92 Å². The Morgan fingerprint density at radius 2 is 2.25 bits per heavy atom. The van der Waals surface area contributed by atoms with E-state index in [0.717, 1.165) is 37.2 Å². The van der Waals surface area contributed by atoms with Crippen LogP contribution in [-0.4, -0.2) is 44.0 Å². The van der Waals surface area contributed by atoms with Crippen molar-refractivity contribution >= 4 is 5.91 Å². The summed E-state index contributed by atoms with van der Waals surface area (Å²) in [5.74, 6) is 1.63. The minimum atomic E-state index is 0.136. The third-order valence-electron chi connectivity index (χ3n) is 4.35. The molecule has 0 N–H and O–H groups in total. The Hall–Kier alpha value is -2.31. The van der Waals surface area contributed by atoms with E-state index in [2.05, 4.69) is 20.1 Å². The molecule has 0 aliphatic carbocycles. The number of likely N-dealkylation sites (tertiary alicyclic amines) is 1. The van der Waals surface area contributed by atoms with Gasteiger partial charge in [-0.25, -0.2) is 0 Å². The lowest BCUT2D eigenvalue weighted by Gasteiger charge is -2.32. The largest absolute Gasteiger partial charge is 0.342 e. The van der Waals surface area contributed by atoms with E-state index in [0.29, 0.717) is 31.1 Å². The predicted octanol–water partition coefficient (Wildman–Crippen LogP) is 2.07. The van der Waals surface area contributed by atoms with Crippen molar-refractivity contribution in [1.29, 1.82) is 0 Å². The standard InChI is InChI=1S/C17H23N5O2/c1-3-15-20-16(24-21-15)6-7-17(23)22-8-4-5-13(11-22)14-10-18-9-12(2)19-14/h9-10,13H,3-8,11H2,1-2H3/t13-/m1/s1. The zero-order valence-electron chi connectivity index (χ0n) is 14.2. The number of aromatic nitrogens is 4. The van der Waals surface area contributed by atoms with Crippen molar-refractivity contribution in [2.24, 2.45) is 0 Å². The van der Waals surface area contributed by atoms with Gasteiger partial charge in [0.2, 0.25) is 11.8 Å². The van der Waals surface area contributed by atoms with Crippen LogP contribution in [0.15, 0.2) is 16.9 Å². The maximum Gasteiger partial charge on any atom is 0.227 e. The second-order valence-electron chi connectivity index (χ2n) is 6.22. The molecule has 1 aliphatic heterocycles. The Labute approximate surface area is 141 Å². The molecule has 24 heavy (non-hydrogen) atoms. The molecule has 2 aromatic rings. The van der Waals surface area contributed by atoms with E-state index in [1.807, 2.05) is 24.9 Å². The van der Waals surface area contributed by atoms with E-state index in [-0.39, 0.29) is 11.8 Å². The summed E-state index contributed by atoms with van der Waals surface area (Å²) in [6, 6.07) is 0. The van der Waals surface area contributed by atoms with Gasteiger partial charge in [0.15, 0.2) is 5.82 Å². The fraction of sp³-hybridized carbons (Fsp3) is 0.588. The molecule has 0 aromatic carbocycles. The summed E-state index contributed by atoms with van der Waals surface area (Å²) in [5, 5.41) is 3.86. The highest BCUT2D eigenvalue weighted by molar-refractivity contribution is 5.76. The van der Waals surface area contributed by atoms with Crippen LogP contribution in [0.25, 0.3) is 0 Å². The van der Waals surface area contributed by atoms with Crippen LogP contribution >= 0.6 is 0 Å². The minimum Gasteiger partial charge on any atom is -0.342 e. The van der Waals surface area contributed by atoms with E-state index in [4.69, 9.17) is 4.52 Å². The van der Waals surface area contributed by atoms with Gasteiger partial charge in [0.1, 0.15) is 0 Å². The average Bonchev–Trinajstić information content (AvgIpc) is 3.08. The summed E-state index contributed by atoms with van der Waals surface area (Å²) < 4.78 is 5.15. The molecule has 1 fully saturated rings. The lowest BCUT2D eigenvalue weighted by molar-refractivity contribution is -0.132. The second-order valence-corrected chi connectivity index (χ2v) is 6.22. The first kappa shape index (κ1) is 16.5. The Morgan fingerprint density at radius 1 is 1.38 bits per heavy atom. The van der Waals surface area contributed by atoms with Gasteiger partial charge >= 0.3 is 0 Å². The smallest absolute Gasteiger partial charge is 0.227 e. The number of hydrogen-bond acceptors (Lipinski definition) is 6. The minimum absolute atomic E-state index is 0.136. The number of rotatable bonds is 5. The van der Waals surface area contributed by atoms with Crippen LogP contribution in [0.4, 0.5) is 0 Å². The number of aryl methyl sites for hydroxylation is 3. The van der Waals surface area contributed by atoms with E-state index < -0.39 is 0 Å². The van der Waals surface area contributed by atoms with Gasteiger partial charge in [-0.3, -0.25) is 14.8 Å². The molecule has 0 bridgehead atoms. The number of amides is 1. The molecule has 3 rings (SSSR count). The topological polar surface area (TPSA) is 85.0 Å². The highest BCUT2D eigenvalue weighted by Crippen LogP contribution is 2.25. The molecular weight excluding hydrogens is 306 g/mol. The lowest BCUT2D eigenvalue weighted by atomic mass is 9.94. The second kappa shape index (κ2) is 7.51. The average molecular weight is 329 g/mol. The summed E-state index contributed by atoms with van der Waals surface area (Å²) in [6.45, 7) is 5.43. The van der Waals surface area contributed by atoms with Crippen molar-refractivity contribution in [1.82, 2.24) is 25.0 Å². The molecule has 1 atom stereocenters. The molecule has 128 valence electrons. The molecule has 0 unspecified atom stereocenters. The van der Waals surface area contributed by atoms with Gasteiger partial charge in [-0.2, -0.15) is 4.98 Å². The molecule has 0 spiro atoms. The summed E-state index contributed by atoms with van der Waals surface area (Å²) in [4.78, 5) is 27.5. The molecule has 3 heterocycles. The number of carbonyl (C=O) groups is 1. The molecule has 7 nitrogen and oxygen atoms in total. The predicted molar refractivity (Wildman–Crippen MR) is 87.3 cm³/mol. The highest BCUT2D eigenvalue weighted by atomic mass is 16.5. The summed E-state index contributed by atoms with van der Waals surface area (Å²) >= 11 is 0. The van der Waals surface area contributed by atoms with Gasteiger partial charge in [0.05, 0.1) is 11.4 Å². The SMILES string of the molecule is CCc1noc(CCC(=O)N2CCC[C@@H](c3cncc(C)n3)C2)n1.